The molecule has 0 fully saturated rings. The van der Waals surface area contributed by atoms with Gasteiger partial charge in [-0.2, -0.15) is 0 Å². The highest BCUT2D eigenvalue weighted by Crippen LogP contribution is 2.26. The van der Waals surface area contributed by atoms with Crippen LogP contribution in [0.3, 0.4) is 0 Å². The number of hydrogen-bond donors (Lipinski definition) is 1. The van der Waals surface area contributed by atoms with E-state index in [1.54, 1.807) is 0 Å². The SMILES string of the molecule is CC(C)[C@](C)(N)c1ccc(Cl)cc1. The van der Waals surface area contributed by atoms with Crippen molar-refractivity contribution in [1.29, 1.82) is 0 Å². The van der Waals surface area contributed by atoms with Gasteiger partial charge in [-0.25, -0.2) is 0 Å². The molecule has 0 aromatic heterocycles. The second-order valence-corrected chi connectivity index (χ2v) is 4.38. The van der Waals surface area contributed by atoms with Crippen molar-refractivity contribution in [3.8, 4) is 0 Å². The lowest BCUT2D eigenvalue weighted by Crippen LogP contribution is -2.38. The van der Waals surface area contributed by atoms with Crippen LogP contribution in [-0.2, 0) is 5.54 Å². The van der Waals surface area contributed by atoms with E-state index < -0.39 is 0 Å². The van der Waals surface area contributed by atoms with E-state index in [0.29, 0.717) is 5.92 Å². The summed E-state index contributed by atoms with van der Waals surface area (Å²) in [6, 6.07) is 7.74. The molecule has 1 nitrogen and oxygen atoms in total. The zero-order chi connectivity index (χ0) is 10.1. The second kappa shape index (κ2) is 3.69. The topological polar surface area (TPSA) is 26.0 Å². The highest BCUT2D eigenvalue weighted by atomic mass is 35.5. The van der Waals surface area contributed by atoms with Gasteiger partial charge in [0.15, 0.2) is 0 Å². The number of nitrogens with two attached hydrogens (primary N) is 1. The average Bonchev–Trinajstić information content (AvgIpc) is 2.04. The molecule has 1 aromatic carbocycles. The van der Waals surface area contributed by atoms with Gasteiger partial charge in [0.1, 0.15) is 0 Å². The van der Waals surface area contributed by atoms with Gasteiger partial charge in [0, 0.05) is 10.6 Å². The van der Waals surface area contributed by atoms with E-state index in [9.17, 15) is 0 Å². The normalized spacial score (nSPS) is 15.8. The lowest BCUT2D eigenvalue weighted by molar-refractivity contribution is 0.350. The molecule has 2 heteroatoms. The Hall–Kier alpha value is -0.530. The van der Waals surface area contributed by atoms with Crippen LogP contribution >= 0.6 is 11.6 Å². The molecule has 0 heterocycles. The fraction of sp³-hybridized carbons (Fsp3) is 0.455. The summed E-state index contributed by atoms with van der Waals surface area (Å²) in [4.78, 5) is 0. The Morgan fingerprint density at radius 3 is 2.08 bits per heavy atom. The molecule has 72 valence electrons. The van der Waals surface area contributed by atoms with Crippen LogP contribution in [0.4, 0.5) is 0 Å². The molecule has 0 unspecified atom stereocenters. The fourth-order valence-corrected chi connectivity index (χ4v) is 1.27. The molecule has 1 atom stereocenters. The first-order chi connectivity index (χ1) is 5.94. The van der Waals surface area contributed by atoms with Crippen molar-refractivity contribution in [2.24, 2.45) is 11.7 Å². The largest absolute Gasteiger partial charge is 0.321 e. The van der Waals surface area contributed by atoms with E-state index in [1.165, 1.54) is 0 Å². The first-order valence-electron chi connectivity index (χ1n) is 4.49. The van der Waals surface area contributed by atoms with Gasteiger partial charge in [0.2, 0.25) is 0 Å². The Balaban J connectivity index is 3.01. The molecule has 0 amide bonds. The Labute approximate surface area is 84.9 Å². The van der Waals surface area contributed by atoms with Crippen LogP contribution in [0.2, 0.25) is 5.02 Å². The Morgan fingerprint density at radius 2 is 1.69 bits per heavy atom. The molecule has 0 radical (unpaired) electrons. The van der Waals surface area contributed by atoms with Gasteiger partial charge in [-0.15, -0.1) is 0 Å². The van der Waals surface area contributed by atoms with Gasteiger partial charge in [-0.3, -0.25) is 0 Å². The summed E-state index contributed by atoms with van der Waals surface area (Å²) >= 11 is 5.80. The van der Waals surface area contributed by atoms with E-state index in [-0.39, 0.29) is 5.54 Å². The predicted octanol–water partition coefficient (Wildman–Crippen LogP) is 3.17. The molecule has 0 saturated heterocycles. The highest BCUT2D eigenvalue weighted by Gasteiger charge is 2.24. The highest BCUT2D eigenvalue weighted by molar-refractivity contribution is 6.30. The van der Waals surface area contributed by atoms with Crippen LogP contribution in [0.15, 0.2) is 24.3 Å². The van der Waals surface area contributed by atoms with Crippen LogP contribution < -0.4 is 5.73 Å². The summed E-state index contributed by atoms with van der Waals surface area (Å²) in [5.41, 5.74) is 7.05. The second-order valence-electron chi connectivity index (χ2n) is 3.94. The minimum absolute atomic E-state index is 0.273. The molecule has 1 aromatic rings. The number of benzene rings is 1. The zero-order valence-corrected chi connectivity index (χ0v) is 9.10. The average molecular weight is 198 g/mol. The minimum Gasteiger partial charge on any atom is -0.321 e. The van der Waals surface area contributed by atoms with Gasteiger partial charge in [-0.1, -0.05) is 37.6 Å². The maximum atomic E-state index is 6.19. The zero-order valence-electron chi connectivity index (χ0n) is 8.34. The quantitative estimate of drug-likeness (QED) is 0.775. The fourth-order valence-electron chi connectivity index (χ4n) is 1.14. The van der Waals surface area contributed by atoms with Crippen molar-refractivity contribution in [2.75, 3.05) is 0 Å². The van der Waals surface area contributed by atoms with E-state index >= 15 is 0 Å². The summed E-state index contributed by atoms with van der Waals surface area (Å²) in [6.45, 7) is 6.28. The van der Waals surface area contributed by atoms with Crippen molar-refractivity contribution >= 4 is 11.6 Å². The van der Waals surface area contributed by atoms with Gasteiger partial charge in [0.25, 0.3) is 0 Å². The predicted molar refractivity (Wildman–Crippen MR) is 57.8 cm³/mol. The molecular weight excluding hydrogens is 182 g/mol. The van der Waals surface area contributed by atoms with Crippen molar-refractivity contribution in [1.82, 2.24) is 0 Å². The number of rotatable bonds is 2. The Morgan fingerprint density at radius 1 is 1.23 bits per heavy atom. The van der Waals surface area contributed by atoms with E-state index in [2.05, 4.69) is 13.8 Å². The molecule has 0 saturated carbocycles. The third kappa shape index (κ3) is 2.23. The molecule has 0 aliphatic carbocycles. The van der Waals surface area contributed by atoms with Crippen LogP contribution in [0.5, 0.6) is 0 Å². The van der Waals surface area contributed by atoms with Gasteiger partial charge >= 0.3 is 0 Å². The first-order valence-corrected chi connectivity index (χ1v) is 4.87. The van der Waals surface area contributed by atoms with Crippen LogP contribution in [-0.4, -0.2) is 0 Å². The lowest BCUT2D eigenvalue weighted by Gasteiger charge is -2.29. The molecule has 13 heavy (non-hydrogen) atoms. The van der Waals surface area contributed by atoms with Crippen molar-refractivity contribution in [3.05, 3.63) is 34.9 Å². The summed E-state index contributed by atoms with van der Waals surface area (Å²) < 4.78 is 0. The summed E-state index contributed by atoms with van der Waals surface area (Å²) in [6.07, 6.45) is 0. The Kier molecular flexibility index (Phi) is 2.99. The molecule has 2 N–H and O–H groups in total. The van der Waals surface area contributed by atoms with E-state index in [1.807, 2.05) is 31.2 Å². The first kappa shape index (κ1) is 10.6. The van der Waals surface area contributed by atoms with Crippen molar-refractivity contribution in [3.63, 3.8) is 0 Å². The monoisotopic (exact) mass is 197 g/mol. The van der Waals surface area contributed by atoms with E-state index in [4.69, 9.17) is 17.3 Å². The van der Waals surface area contributed by atoms with Crippen molar-refractivity contribution in [2.45, 2.75) is 26.3 Å². The van der Waals surface area contributed by atoms with Gasteiger partial charge in [-0.05, 0) is 30.5 Å². The summed E-state index contributed by atoms with van der Waals surface area (Å²) in [5.74, 6) is 0.411. The van der Waals surface area contributed by atoms with Gasteiger partial charge in [0.05, 0.1) is 0 Å². The summed E-state index contributed by atoms with van der Waals surface area (Å²) in [7, 11) is 0. The number of hydrogen-bond acceptors (Lipinski definition) is 1. The molecule has 0 bridgehead atoms. The Bertz CT molecular complexity index is 275. The maximum Gasteiger partial charge on any atom is 0.0406 e. The third-order valence-corrected chi connectivity index (χ3v) is 2.92. The molecule has 0 aliphatic heterocycles. The lowest BCUT2D eigenvalue weighted by atomic mass is 9.83. The number of halogens is 1. The van der Waals surface area contributed by atoms with E-state index in [0.717, 1.165) is 10.6 Å². The van der Waals surface area contributed by atoms with Crippen LogP contribution in [0.25, 0.3) is 0 Å². The molecule has 0 aliphatic rings. The van der Waals surface area contributed by atoms with Crippen molar-refractivity contribution < 1.29 is 0 Å². The molecular formula is C11H16ClN. The van der Waals surface area contributed by atoms with Crippen LogP contribution in [0, 0.1) is 5.92 Å². The van der Waals surface area contributed by atoms with Gasteiger partial charge < -0.3 is 5.73 Å². The van der Waals surface area contributed by atoms with Crippen LogP contribution in [0.1, 0.15) is 26.3 Å². The smallest absolute Gasteiger partial charge is 0.0406 e. The summed E-state index contributed by atoms with van der Waals surface area (Å²) in [5, 5.41) is 0.753. The molecule has 0 spiro atoms. The maximum absolute atomic E-state index is 6.19. The molecule has 1 rings (SSSR count). The standard InChI is InChI=1S/C11H16ClN/c1-8(2)11(3,13)9-4-6-10(12)7-5-9/h4-8H,13H2,1-3H3/t11-/m0/s1. The third-order valence-electron chi connectivity index (χ3n) is 2.67. The minimum atomic E-state index is -0.273.